The third-order valence-electron chi connectivity index (χ3n) is 8.53. The topological polar surface area (TPSA) is 54.5 Å². The van der Waals surface area contributed by atoms with E-state index in [9.17, 15) is 4.79 Å². The molecule has 0 aliphatic carbocycles. The average molecular weight is 520 g/mol. The summed E-state index contributed by atoms with van der Waals surface area (Å²) in [5, 5.41) is 0. The third kappa shape index (κ3) is 4.67. The normalized spacial score (nSPS) is 20.2. The summed E-state index contributed by atoms with van der Waals surface area (Å²) in [6.07, 6.45) is 4.14. The van der Waals surface area contributed by atoms with Crippen LogP contribution in [0.1, 0.15) is 48.9 Å². The van der Waals surface area contributed by atoms with Crippen molar-refractivity contribution in [3.63, 3.8) is 0 Å². The Morgan fingerprint density at radius 1 is 0.947 bits per heavy atom. The fourth-order valence-corrected chi connectivity index (χ4v) is 6.62. The number of allylic oxidation sites excluding steroid dienone is 1. The Balaban J connectivity index is 1.46. The molecule has 0 atom stereocenters. The van der Waals surface area contributed by atoms with Gasteiger partial charge in [-0.3, -0.25) is 9.80 Å². The van der Waals surface area contributed by atoms with Crippen LogP contribution < -0.4 is 9.47 Å². The van der Waals surface area contributed by atoms with E-state index >= 15 is 0 Å². The van der Waals surface area contributed by atoms with Crippen LogP contribution in [0.2, 0.25) is 0 Å². The molecular formula is C31H41N3O4. The number of hydrogen-bond acceptors (Lipinski definition) is 5. The van der Waals surface area contributed by atoms with Gasteiger partial charge in [0.2, 0.25) is 0 Å². The summed E-state index contributed by atoms with van der Waals surface area (Å²) in [4.78, 5) is 20.6. The molecule has 7 nitrogen and oxygen atoms in total. The fraction of sp³-hybridized carbons (Fsp3) is 0.516. The number of benzene rings is 2. The molecule has 2 aromatic rings. The first kappa shape index (κ1) is 26.6. The number of nitrogens with zero attached hydrogens (tertiary/aromatic N) is 3. The minimum absolute atomic E-state index is 0.0802. The second-order valence-corrected chi connectivity index (χ2v) is 11.5. The predicted octanol–water partition coefficient (Wildman–Crippen LogP) is 5.11. The predicted molar refractivity (Wildman–Crippen MR) is 149 cm³/mol. The first-order chi connectivity index (χ1) is 18.2. The van der Waals surface area contributed by atoms with Crippen LogP contribution in [-0.4, -0.2) is 73.8 Å². The van der Waals surface area contributed by atoms with Gasteiger partial charge in [0.05, 0.1) is 32.9 Å². The van der Waals surface area contributed by atoms with E-state index in [1.165, 1.54) is 16.7 Å². The second kappa shape index (κ2) is 10.3. The van der Waals surface area contributed by atoms with Gasteiger partial charge in [0.25, 0.3) is 0 Å². The van der Waals surface area contributed by atoms with Crippen molar-refractivity contribution in [3.05, 3.63) is 70.4 Å². The lowest BCUT2D eigenvalue weighted by Crippen LogP contribution is -2.54. The zero-order valence-electron chi connectivity index (χ0n) is 23.7. The summed E-state index contributed by atoms with van der Waals surface area (Å²) >= 11 is 0. The zero-order valence-corrected chi connectivity index (χ0v) is 23.7. The van der Waals surface area contributed by atoms with E-state index < -0.39 is 0 Å². The molecule has 0 radical (unpaired) electrons. The number of piperidine rings is 1. The monoisotopic (exact) mass is 519 g/mol. The molecule has 2 saturated heterocycles. The minimum atomic E-state index is -0.334. The van der Waals surface area contributed by atoms with Gasteiger partial charge in [-0.05, 0) is 66.3 Å². The van der Waals surface area contributed by atoms with Crippen LogP contribution in [0.15, 0.2) is 48.2 Å². The highest BCUT2D eigenvalue weighted by Crippen LogP contribution is 2.48. The van der Waals surface area contributed by atoms with Crippen LogP contribution in [0.4, 0.5) is 4.79 Å². The molecule has 2 aromatic carbocycles. The van der Waals surface area contributed by atoms with E-state index in [-0.39, 0.29) is 17.0 Å². The maximum absolute atomic E-state index is 14.0. The standard InChI is InChI=1S/C31H41N3O4/c1-22-15-23(17-26(16-22)38-6)20-32-11-9-31(10-12-32)28-19-30(2,3)27-8-7-25(37-5)18-24(27)21-33(28)29(35)34(31)13-14-36-4/h7-8,15-19H,9-14,20-21H2,1-6H3. The molecule has 2 fully saturated rings. The van der Waals surface area contributed by atoms with Gasteiger partial charge in [0.15, 0.2) is 0 Å². The number of carbonyl (C=O) groups is 1. The number of aryl methyl sites for hydroxylation is 1. The summed E-state index contributed by atoms with van der Waals surface area (Å²) in [5.74, 6) is 1.72. The summed E-state index contributed by atoms with van der Waals surface area (Å²) < 4.78 is 16.5. The highest BCUT2D eigenvalue weighted by atomic mass is 16.5. The van der Waals surface area contributed by atoms with Crippen LogP contribution in [0, 0.1) is 6.92 Å². The number of hydrogen-bond donors (Lipinski definition) is 0. The van der Waals surface area contributed by atoms with E-state index in [1.807, 2.05) is 11.0 Å². The highest BCUT2D eigenvalue weighted by molar-refractivity contribution is 5.83. The molecule has 3 aliphatic heterocycles. The second-order valence-electron chi connectivity index (χ2n) is 11.5. The van der Waals surface area contributed by atoms with Crippen molar-refractivity contribution < 1.29 is 19.0 Å². The van der Waals surface area contributed by atoms with Crippen LogP contribution >= 0.6 is 0 Å². The molecule has 2 amide bonds. The van der Waals surface area contributed by atoms with E-state index in [4.69, 9.17) is 14.2 Å². The Hall–Kier alpha value is -3.03. The van der Waals surface area contributed by atoms with Gasteiger partial charge in [-0.15, -0.1) is 0 Å². The highest BCUT2D eigenvalue weighted by Gasteiger charge is 2.55. The SMILES string of the molecule is COCCN1C(=O)N2Cc3cc(OC)ccc3C(C)(C)C=C2C12CCN(Cc1cc(C)cc(OC)c1)CC2. The van der Waals surface area contributed by atoms with Gasteiger partial charge in [0.1, 0.15) is 11.5 Å². The number of amides is 2. The van der Waals surface area contributed by atoms with Gasteiger partial charge in [0, 0.05) is 44.4 Å². The van der Waals surface area contributed by atoms with Crippen molar-refractivity contribution in [2.75, 3.05) is 47.6 Å². The van der Waals surface area contributed by atoms with Crippen molar-refractivity contribution in [3.8, 4) is 11.5 Å². The molecule has 0 N–H and O–H groups in total. The summed E-state index contributed by atoms with van der Waals surface area (Å²) in [6, 6.07) is 12.8. The zero-order chi connectivity index (χ0) is 27.1. The summed E-state index contributed by atoms with van der Waals surface area (Å²) in [7, 11) is 5.11. The molecule has 3 aliphatic rings. The number of carbonyl (C=O) groups excluding carboxylic acids is 1. The van der Waals surface area contributed by atoms with Crippen LogP contribution in [0.5, 0.6) is 11.5 Å². The Kier molecular flexibility index (Phi) is 7.18. The lowest BCUT2D eigenvalue weighted by atomic mass is 9.77. The quantitative estimate of drug-likeness (QED) is 0.509. The summed E-state index contributed by atoms with van der Waals surface area (Å²) in [6.45, 7) is 11.0. The molecule has 1 spiro atoms. The third-order valence-corrected chi connectivity index (χ3v) is 8.53. The van der Waals surface area contributed by atoms with E-state index in [0.29, 0.717) is 19.7 Å². The van der Waals surface area contributed by atoms with Crippen molar-refractivity contribution in [1.82, 2.24) is 14.7 Å². The minimum Gasteiger partial charge on any atom is -0.497 e. The number of likely N-dealkylation sites (tertiary alicyclic amines) is 1. The molecule has 204 valence electrons. The number of fused-ring (bicyclic) bond motifs is 3. The molecule has 38 heavy (non-hydrogen) atoms. The largest absolute Gasteiger partial charge is 0.497 e. The van der Waals surface area contributed by atoms with Crippen molar-refractivity contribution in [2.45, 2.75) is 57.7 Å². The first-order valence-electron chi connectivity index (χ1n) is 13.6. The Bertz CT molecular complexity index is 1230. The molecule has 0 unspecified atom stereocenters. The lowest BCUT2D eigenvalue weighted by Gasteiger charge is -2.45. The van der Waals surface area contributed by atoms with E-state index in [2.05, 4.69) is 67.0 Å². The van der Waals surface area contributed by atoms with Gasteiger partial charge in [-0.25, -0.2) is 4.79 Å². The first-order valence-corrected chi connectivity index (χ1v) is 13.6. The number of rotatable bonds is 7. The molecule has 7 heteroatoms. The lowest BCUT2D eigenvalue weighted by molar-refractivity contribution is 0.0668. The maximum atomic E-state index is 14.0. The summed E-state index contributed by atoms with van der Waals surface area (Å²) in [5.41, 5.74) is 5.46. The van der Waals surface area contributed by atoms with E-state index in [1.54, 1.807) is 21.3 Å². The van der Waals surface area contributed by atoms with Gasteiger partial charge < -0.3 is 19.1 Å². The smallest absolute Gasteiger partial charge is 0.325 e. The number of ether oxygens (including phenoxy) is 3. The van der Waals surface area contributed by atoms with Crippen LogP contribution in [-0.2, 0) is 23.2 Å². The Morgan fingerprint density at radius 3 is 2.37 bits per heavy atom. The molecule has 0 bridgehead atoms. The molecule has 0 aromatic heterocycles. The number of urea groups is 1. The molecule has 5 rings (SSSR count). The Labute approximate surface area is 226 Å². The fourth-order valence-electron chi connectivity index (χ4n) is 6.62. The molecular weight excluding hydrogens is 478 g/mol. The van der Waals surface area contributed by atoms with Gasteiger partial charge in [-0.2, -0.15) is 0 Å². The van der Waals surface area contributed by atoms with Crippen molar-refractivity contribution >= 4 is 6.03 Å². The Morgan fingerprint density at radius 2 is 1.68 bits per heavy atom. The van der Waals surface area contributed by atoms with Gasteiger partial charge >= 0.3 is 6.03 Å². The van der Waals surface area contributed by atoms with Gasteiger partial charge in [-0.1, -0.05) is 32.1 Å². The number of methoxy groups -OCH3 is 3. The molecule has 0 saturated carbocycles. The maximum Gasteiger partial charge on any atom is 0.325 e. The average Bonchev–Trinajstić information content (AvgIpc) is 3.01. The van der Waals surface area contributed by atoms with Crippen LogP contribution in [0.3, 0.4) is 0 Å². The van der Waals surface area contributed by atoms with Crippen LogP contribution in [0.25, 0.3) is 0 Å². The molecule has 3 heterocycles. The van der Waals surface area contributed by atoms with Crippen molar-refractivity contribution in [1.29, 1.82) is 0 Å². The van der Waals surface area contributed by atoms with E-state index in [0.717, 1.165) is 55.2 Å². The van der Waals surface area contributed by atoms with Crippen molar-refractivity contribution in [2.24, 2.45) is 0 Å².